The first kappa shape index (κ1) is 23.6. The van der Waals surface area contributed by atoms with Crippen molar-refractivity contribution in [2.45, 2.75) is 19.4 Å². The Hall–Kier alpha value is -3.57. The van der Waals surface area contributed by atoms with Crippen molar-refractivity contribution < 1.29 is 14.7 Å². The van der Waals surface area contributed by atoms with E-state index in [0.29, 0.717) is 23.6 Å². The number of carbonyl (C=O) groups excluding carboxylic acids is 2. The first-order chi connectivity index (χ1) is 16.3. The third-order valence-electron chi connectivity index (χ3n) is 6.14. The third-order valence-corrected chi connectivity index (χ3v) is 6.40. The van der Waals surface area contributed by atoms with Crippen LogP contribution >= 0.6 is 11.6 Å². The molecule has 174 valence electrons. The molecule has 1 aliphatic heterocycles. The monoisotopic (exact) mass is 474 g/mol. The van der Waals surface area contributed by atoms with E-state index in [9.17, 15) is 14.7 Å². The second kappa shape index (κ2) is 9.74. The van der Waals surface area contributed by atoms with Gasteiger partial charge in [-0.2, -0.15) is 0 Å². The normalized spacial score (nSPS) is 17.3. The molecule has 1 unspecified atom stereocenters. The predicted octanol–water partition coefficient (Wildman–Crippen LogP) is 5.38. The summed E-state index contributed by atoms with van der Waals surface area (Å²) in [7, 11) is 3.90. The molecule has 0 aliphatic carbocycles. The summed E-state index contributed by atoms with van der Waals surface area (Å²) in [5.74, 6) is -1.44. The van der Waals surface area contributed by atoms with Crippen LogP contribution in [-0.4, -0.2) is 42.3 Å². The molecule has 34 heavy (non-hydrogen) atoms. The van der Waals surface area contributed by atoms with Crippen LogP contribution in [0.25, 0.3) is 5.76 Å². The fourth-order valence-corrected chi connectivity index (χ4v) is 4.31. The fraction of sp³-hybridized carbons (Fsp3) is 0.214. The predicted molar refractivity (Wildman–Crippen MR) is 136 cm³/mol. The van der Waals surface area contributed by atoms with Crippen molar-refractivity contribution in [3.8, 4) is 0 Å². The number of likely N-dealkylation sites (tertiary alicyclic amines) is 1. The number of anilines is 1. The van der Waals surface area contributed by atoms with Crippen molar-refractivity contribution in [1.82, 2.24) is 4.90 Å². The maximum Gasteiger partial charge on any atom is 0.295 e. The average molecular weight is 475 g/mol. The number of halogens is 1. The molecular weight excluding hydrogens is 448 g/mol. The lowest BCUT2D eigenvalue weighted by atomic mass is 9.94. The topological polar surface area (TPSA) is 60.9 Å². The van der Waals surface area contributed by atoms with Gasteiger partial charge in [0.15, 0.2) is 0 Å². The number of carbonyl (C=O) groups is 2. The van der Waals surface area contributed by atoms with Crippen LogP contribution in [0.4, 0.5) is 5.69 Å². The summed E-state index contributed by atoms with van der Waals surface area (Å²) in [6.07, 6.45) is 0.557. The summed E-state index contributed by atoms with van der Waals surface area (Å²) in [6.45, 7) is 2.28. The van der Waals surface area contributed by atoms with Crippen LogP contribution in [0.3, 0.4) is 0 Å². The Morgan fingerprint density at radius 2 is 1.56 bits per heavy atom. The number of ketones is 1. The number of nitrogens with zero attached hydrogens (tertiary/aromatic N) is 2. The van der Waals surface area contributed by atoms with Gasteiger partial charge in [-0.1, -0.05) is 65.7 Å². The van der Waals surface area contributed by atoms with Gasteiger partial charge in [0.1, 0.15) is 5.76 Å². The third kappa shape index (κ3) is 4.70. The van der Waals surface area contributed by atoms with Gasteiger partial charge < -0.3 is 14.9 Å². The number of aliphatic hydroxyl groups excluding tert-OH is 1. The van der Waals surface area contributed by atoms with Gasteiger partial charge in [-0.25, -0.2) is 0 Å². The number of rotatable bonds is 6. The molecule has 1 heterocycles. The summed E-state index contributed by atoms with van der Waals surface area (Å²) >= 11 is 5.99. The molecule has 3 aromatic rings. The molecule has 6 heteroatoms. The van der Waals surface area contributed by atoms with E-state index in [2.05, 4.69) is 0 Å². The molecule has 1 N–H and O–H groups in total. The van der Waals surface area contributed by atoms with E-state index in [4.69, 9.17) is 11.6 Å². The van der Waals surface area contributed by atoms with Crippen molar-refractivity contribution >= 4 is 34.7 Å². The zero-order valence-electron chi connectivity index (χ0n) is 19.5. The van der Waals surface area contributed by atoms with E-state index in [0.717, 1.165) is 22.4 Å². The van der Waals surface area contributed by atoms with Gasteiger partial charge in [-0.05, 0) is 48.7 Å². The quantitative estimate of drug-likeness (QED) is 0.296. The largest absolute Gasteiger partial charge is 0.507 e. The first-order valence-electron chi connectivity index (χ1n) is 11.1. The minimum absolute atomic E-state index is 0.113. The van der Waals surface area contributed by atoms with Crippen molar-refractivity contribution in [3.63, 3.8) is 0 Å². The first-order valence-corrected chi connectivity index (χ1v) is 11.5. The molecule has 0 radical (unpaired) electrons. The number of hydrogen-bond acceptors (Lipinski definition) is 4. The lowest BCUT2D eigenvalue weighted by Crippen LogP contribution is -2.31. The number of Topliss-reactive ketones (excluding diaryl/α,β-unsaturated/α-hetero) is 1. The highest BCUT2D eigenvalue weighted by atomic mass is 35.5. The summed E-state index contributed by atoms with van der Waals surface area (Å²) < 4.78 is 0. The number of aryl methyl sites for hydroxylation is 1. The molecule has 1 saturated heterocycles. The van der Waals surface area contributed by atoms with Gasteiger partial charge in [0.2, 0.25) is 0 Å². The molecule has 1 aliphatic rings. The number of amides is 1. The van der Waals surface area contributed by atoms with Crippen LogP contribution < -0.4 is 4.90 Å². The Morgan fingerprint density at radius 1 is 0.941 bits per heavy atom. The molecule has 4 rings (SSSR count). The second-order valence-corrected chi connectivity index (χ2v) is 9.16. The van der Waals surface area contributed by atoms with Crippen LogP contribution in [0.1, 0.15) is 28.3 Å². The molecule has 1 atom stereocenters. The maximum absolute atomic E-state index is 13.2. The molecule has 3 aromatic carbocycles. The summed E-state index contributed by atoms with van der Waals surface area (Å²) in [5, 5.41) is 11.8. The van der Waals surface area contributed by atoms with Crippen LogP contribution in [0.15, 0.2) is 78.4 Å². The van der Waals surface area contributed by atoms with Crippen LogP contribution in [0.5, 0.6) is 0 Å². The molecule has 0 saturated carbocycles. The average Bonchev–Trinajstić information content (AvgIpc) is 3.08. The van der Waals surface area contributed by atoms with Crippen LogP contribution in [-0.2, 0) is 16.0 Å². The highest BCUT2D eigenvalue weighted by molar-refractivity contribution is 6.46. The Kier molecular flexibility index (Phi) is 6.75. The second-order valence-electron chi connectivity index (χ2n) is 8.72. The summed E-state index contributed by atoms with van der Waals surface area (Å²) in [4.78, 5) is 29.9. The molecule has 1 amide bonds. The highest BCUT2D eigenvalue weighted by Gasteiger charge is 2.45. The molecular formula is C28H27ClN2O3. The van der Waals surface area contributed by atoms with Gasteiger partial charge in [0.25, 0.3) is 11.7 Å². The molecule has 1 fully saturated rings. The van der Waals surface area contributed by atoms with Gasteiger partial charge in [0.05, 0.1) is 11.6 Å². The van der Waals surface area contributed by atoms with Crippen molar-refractivity contribution in [2.24, 2.45) is 0 Å². The van der Waals surface area contributed by atoms with E-state index in [1.165, 1.54) is 0 Å². The molecule has 0 aromatic heterocycles. The van der Waals surface area contributed by atoms with Crippen molar-refractivity contribution in [3.05, 3.63) is 106 Å². The highest BCUT2D eigenvalue weighted by Crippen LogP contribution is 2.40. The van der Waals surface area contributed by atoms with Gasteiger partial charge in [-0.15, -0.1) is 0 Å². The SMILES string of the molecule is Cc1ccc(/C(O)=C2/C(=O)C(=O)N(CCc3ccc(Cl)cc3)C2c2ccc(N(C)C)cc2)cc1. The van der Waals surface area contributed by atoms with Crippen LogP contribution in [0, 0.1) is 6.92 Å². The summed E-state index contributed by atoms with van der Waals surface area (Å²) in [5.41, 5.74) is 4.44. The van der Waals surface area contributed by atoms with Crippen LogP contribution in [0.2, 0.25) is 5.02 Å². The molecule has 0 spiro atoms. The van der Waals surface area contributed by atoms with E-state index in [1.54, 1.807) is 29.2 Å². The van der Waals surface area contributed by atoms with E-state index in [1.807, 2.05) is 74.4 Å². The number of aliphatic hydroxyl groups is 1. The van der Waals surface area contributed by atoms with E-state index < -0.39 is 17.7 Å². The lowest BCUT2D eigenvalue weighted by molar-refractivity contribution is -0.139. The minimum atomic E-state index is -0.676. The zero-order chi connectivity index (χ0) is 24.4. The van der Waals surface area contributed by atoms with Crippen molar-refractivity contribution in [2.75, 3.05) is 25.5 Å². The smallest absolute Gasteiger partial charge is 0.295 e. The lowest BCUT2D eigenvalue weighted by Gasteiger charge is -2.26. The standard InChI is InChI=1S/C28H27ClN2O3/c1-18-4-8-21(9-5-18)26(32)24-25(20-10-14-23(15-11-20)30(2)3)31(28(34)27(24)33)17-16-19-6-12-22(29)13-7-19/h4-15,25,32H,16-17H2,1-3H3/b26-24-. The Bertz CT molecular complexity index is 1230. The Morgan fingerprint density at radius 3 is 2.15 bits per heavy atom. The van der Waals surface area contributed by atoms with Gasteiger partial charge in [-0.3, -0.25) is 9.59 Å². The Labute approximate surface area is 204 Å². The number of benzene rings is 3. The minimum Gasteiger partial charge on any atom is -0.507 e. The molecule has 0 bridgehead atoms. The summed E-state index contributed by atoms with van der Waals surface area (Å²) in [6, 6.07) is 21.7. The maximum atomic E-state index is 13.2. The van der Waals surface area contributed by atoms with E-state index in [-0.39, 0.29) is 11.3 Å². The Balaban J connectivity index is 1.76. The number of hydrogen-bond donors (Lipinski definition) is 1. The van der Waals surface area contributed by atoms with Gasteiger partial charge in [0, 0.05) is 36.9 Å². The van der Waals surface area contributed by atoms with E-state index >= 15 is 0 Å². The fourth-order valence-electron chi connectivity index (χ4n) is 4.18. The van der Waals surface area contributed by atoms with Gasteiger partial charge >= 0.3 is 0 Å². The van der Waals surface area contributed by atoms with Crippen molar-refractivity contribution in [1.29, 1.82) is 0 Å². The molecule has 5 nitrogen and oxygen atoms in total. The zero-order valence-corrected chi connectivity index (χ0v) is 20.2.